The van der Waals surface area contributed by atoms with Crippen LogP contribution in [0.5, 0.6) is 5.75 Å². The lowest BCUT2D eigenvalue weighted by atomic mass is 9.74. The van der Waals surface area contributed by atoms with Crippen LogP contribution in [0.4, 0.5) is 0 Å². The number of hydrogen-bond acceptors (Lipinski definition) is 3. The zero-order valence-corrected chi connectivity index (χ0v) is 18.9. The molecule has 0 spiro atoms. The van der Waals surface area contributed by atoms with Crippen molar-refractivity contribution in [3.8, 4) is 28.1 Å². The molecule has 154 valence electrons. The maximum absolute atomic E-state index is 11.4. The summed E-state index contributed by atoms with van der Waals surface area (Å²) in [4.78, 5) is 0. The second-order valence-electron chi connectivity index (χ2n) is 8.94. The summed E-state index contributed by atoms with van der Waals surface area (Å²) in [5.74, 6) is 0.319. The van der Waals surface area contributed by atoms with Gasteiger partial charge in [-0.2, -0.15) is 0 Å². The highest BCUT2D eigenvalue weighted by molar-refractivity contribution is 6.31. The van der Waals surface area contributed by atoms with E-state index in [1.54, 1.807) is 6.20 Å². The second kappa shape index (κ2) is 7.83. The Morgan fingerprint density at radius 3 is 2.21 bits per heavy atom. The zero-order chi connectivity index (χ0) is 21.4. The van der Waals surface area contributed by atoms with Gasteiger partial charge in [-0.1, -0.05) is 70.5 Å². The summed E-state index contributed by atoms with van der Waals surface area (Å²) in [5, 5.41) is 22.8. The van der Waals surface area contributed by atoms with Crippen molar-refractivity contribution < 1.29 is 5.11 Å². The summed E-state index contributed by atoms with van der Waals surface area (Å²) in [6, 6.07) is 9.96. The number of aromatic nitrogens is 3. The molecule has 0 amide bonds. The Morgan fingerprint density at radius 2 is 1.62 bits per heavy atom. The molecule has 0 aliphatic carbocycles. The third-order valence-electron chi connectivity index (χ3n) is 6.35. The van der Waals surface area contributed by atoms with Crippen molar-refractivity contribution in [2.75, 3.05) is 0 Å². The SMILES string of the molecule is CCC(C)(C)c1cc(-c2ccc(Cl)cc2-c2c[nH]nn2)c(O)c(C(C)(C)CC)c1. The van der Waals surface area contributed by atoms with E-state index in [1.807, 2.05) is 18.2 Å². The number of H-pyrrole nitrogens is 1. The van der Waals surface area contributed by atoms with E-state index < -0.39 is 0 Å². The van der Waals surface area contributed by atoms with Crippen molar-refractivity contribution in [2.45, 2.75) is 65.2 Å². The number of aromatic amines is 1. The second-order valence-corrected chi connectivity index (χ2v) is 9.38. The molecular weight excluding hydrogens is 382 g/mol. The van der Waals surface area contributed by atoms with Gasteiger partial charge in [-0.25, -0.2) is 0 Å². The molecule has 1 aromatic heterocycles. The van der Waals surface area contributed by atoms with Gasteiger partial charge in [0, 0.05) is 21.7 Å². The van der Waals surface area contributed by atoms with Crippen LogP contribution in [0, 0.1) is 0 Å². The van der Waals surface area contributed by atoms with E-state index in [0.717, 1.165) is 35.1 Å². The Labute approximate surface area is 178 Å². The highest BCUT2D eigenvalue weighted by atomic mass is 35.5. The van der Waals surface area contributed by atoms with E-state index in [9.17, 15) is 5.11 Å². The van der Waals surface area contributed by atoms with Gasteiger partial charge in [0.25, 0.3) is 0 Å². The van der Waals surface area contributed by atoms with Crippen LogP contribution in [0.2, 0.25) is 5.02 Å². The number of phenolic OH excluding ortho intramolecular Hbond substituents is 1. The highest BCUT2D eigenvalue weighted by Gasteiger charge is 2.29. The first-order chi connectivity index (χ1) is 13.6. The van der Waals surface area contributed by atoms with E-state index in [2.05, 4.69) is 69.1 Å². The predicted octanol–water partition coefficient (Wildman–Crippen LogP) is 6.87. The Balaban J connectivity index is 2.36. The van der Waals surface area contributed by atoms with Crippen molar-refractivity contribution in [3.05, 3.63) is 52.7 Å². The van der Waals surface area contributed by atoms with Gasteiger partial charge in [0.1, 0.15) is 11.4 Å². The lowest BCUT2D eigenvalue weighted by Crippen LogP contribution is -2.20. The number of phenols is 1. The molecule has 29 heavy (non-hydrogen) atoms. The number of aromatic hydroxyl groups is 1. The average molecular weight is 412 g/mol. The van der Waals surface area contributed by atoms with Crippen LogP contribution in [0.1, 0.15) is 65.5 Å². The Bertz CT molecular complexity index is 1010. The van der Waals surface area contributed by atoms with Crippen LogP contribution >= 0.6 is 11.6 Å². The molecule has 0 saturated heterocycles. The monoisotopic (exact) mass is 411 g/mol. The van der Waals surface area contributed by atoms with Crippen LogP contribution in [-0.4, -0.2) is 20.5 Å². The van der Waals surface area contributed by atoms with Crippen LogP contribution < -0.4 is 0 Å². The summed E-state index contributed by atoms with van der Waals surface area (Å²) < 4.78 is 0. The van der Waals surface area contributed by atoms with Gasteiger partial charge < -0.3 is 5.11 Å². The molecule has 3 rings (SSSR count). The standard InChI is InChI=1S/C24H30ClN3O/c1-7-23(3,4)15-11-19(22(29)20(12-15)24(5,6)8-2)17-10-9-16(25)13-18(17)21-14-26-28-27-21/h9-14,29H,7-8H2,1-6H3,(H,26,27,28). The lowest BCUT2D eigenvalue weighted by molar-refractivity contribution is 0.426. The van der Waals surface area contributed by atoms with Gasteiger partial charge in [0.2, 0.25) is 0 Å². The van der Waals surface area contributed by atoms with Gasteiger partial charge in [0.15, 0.2) is 0 Å². The van der Waals surface area contributed by atoms with E-state index >= 15 is 0 Å². The molecule has 4 nitrogen and oxygen atoms in total. The van der Waals surface area contributed by atoms with Crippen LogP contribution in [-0.2, 0) is 10.8 Å². The van der Waals surface area contributed by atoms with Gasteiger partial charge >= 0.3 is 0 Å². The normalized spacial score (nSPS) is 12.4. The maximum Gasteiger partial charge on any atom is 0.127 e. The minimum atomic E-state index is -0.154. The van der Waals surface area contributed by atoms with E-state index in [0.29, 0.717) is 16.5 Å². The van der Waals surface area contributed by atoms with Crippen molar-refractivity contribution in [2.24, 2.45) is 0 Å². The molecule has 0 aliphatic rings. The van der Waals surface area contributed by atoms with Gasteiger partial charge in [-0.15, -0.1) is 5.10 Å². The summed E-state index contributed by atoms with van der Waals surface area (Å²) in [6.45, 7) is 13.2. The van der Waals surface area contributed by atoms with E-state index in [-0.39, 0.29) is 10.8 Å². The molecule has 0 radical (unpaired) electrons. The fourth-order valence-corrected chi connectivity index (χ4v) is 3.61. The summed E-state index contributed by atoms with van der Waals surface area (Å²) in [5.41, 5.74) is 5.24. The molecule has 0 atom stereocenters. The largest absolute Gasteiger partial charge is 0.507 e. The average Bonchev–Trinajstić information content (AvgIpc) is 3.22. The molecule has 5 heteroatoms. The van der Waals surface area contributed by atoms with E-state index in [1.165, 1.54) is 5.56 Å². The molecule has 0 bridgehead atoms. The lowest BCUT2D eigenvalue weighted by Gasteiger charge is -2.31. The van der Waals surface area contributed by atoms with Crippen LogP contribution in [0.3, 0.4) is 0 Å². The van der Waals surface area contributed by atoms with Gasteiger partial charge in [-0.05, 0) is 53.0 Å². The first-order valence-electron chi connectivity index (χ1n) is 10.2. The van der Waals surface area contributed by atoms with Crippen molar-refractivity contribution >= 4 is 11.6 Å². The molecule has 0 aliphatic heterocycles. The smallest absolute Gasteiger partial charge is 0.127 e. The Kier molecular flexibility index (Phi) is 5.77. The molecule has 0 unspecified atom stereocenters. The Morgan fingerprint density at radius 1 is 0.931 bits per heavy atom. The molecule has 0 fully saturated rings. The number of rotatable bonds is 6. The third-order valence-corrected chi connectivity index (χ3v) is 6.59. The molecule has 0 saturated carbocycles. The summed E-state index contributed by atoms with van der Waals surface area (Å²) in [7, 11) is 0. The molecule has 1 heterocycles. The van der Waals surface area contributed by atoms with E-state index in [4.69, 9.17) is 11.6 Å². The fraction of sp³-hybridized carbons (Fsp3) is 0.417. The third kappa shape index (κ3) is 4.04. The summed E-state index contributed by atoms with van der Waals surface area (Å²) >= 11 is 6.29. The highest BCUT2D eigenvalue weighted by Crippen LogP contribution is 2.46. The van der Waals surface area contributed by atoms with Gasteiger partial charge in [-0.3, -0.25) is 5.10 Å². The van der Waals surface area contributed by atoms with Gasteiger partial charge in [0.05, 0.1) is 6.20 Å². The number of halogens is 1. The minimum Gasteiger partial charge on any atom is -0.507 e. The van der Waals surface area contributed by atoms with Crippen LogP contribution in [0.15, 0.2) is 36.5 Å². The first kappa shape index (κ1) is 21.4. The quantitative estimate of drug-likeness (QED) is 0.465. The Hall–Kier alpha value is -2.33. The zero-order valence-electron chi connectivity index (χ0n) is 18.1. The molecule has 3 aromatic rings. The topological polar surface area (TPSA) is 61.8 Å². The summed E-state index contributed by atoms with van der Waals surface area (Å²) in [6.07, 6.45) is 3.66. The maximum atomic E-state index is 11.4. The molecular formula is C24H30ClN3O. The minimum absolute atomic E-state index is 0.0124. The predicted molar refractivity (Wildman–Crippen MR) is 121 cm³/mol. The number of benzene rings is 2. The number of nitrogens with one attached hydrogen (secondary N) is 1. The molecule has 2 N–H and O–H groups in total. The first-order valence-corrected chi connectivity index (χ1v) is 10.5. The number of nitrogens with zero attached hydrogens (tertiary/aromatic N) is 2. The fourth-order valence-electron chi connectivity index (χ4n) is 3.44. The van der Waals surface area contributed by atoms with Crippen molar-refractivity contribution in [1.82, 2.24) is 15.4 Å². The van der Waals surface area contributed by atoms with Crippen molar-refractivity contribution in [1.29, 1.82) is 0 Å². The van der Waals surface area contributed by atoms with Crippen LogP contribution in [0.25, 0.3) is 22.4 Å². The van der Waals surface area contributed by atoms with Crippen molar-refractivity contribution in [3.63, 3.8) is 0 Å². The molecule has 2 aromatic carbocycles. The number of hydrogen-bond donors (Lipinski definition) is 2.